The number of ether oxygens (including phenoxy) is 1. The van der Waals surface area contributed by atoms with E-state index in [1.165, 1.54) is 24.0 Å². The zero-order chi connectivity index (χ0) is 17.5. The Kier molecular flexibility index (Phi) is 5.94. The van der Waals surface area contributed by atoms with E-state index in [0.717, 1.165) is 12.5 Å². The summed E-state index contributed by atoms with van der Waals surface area (Å²) in [7, 11) is 0. The molecule has 0 spiro atoms. The van der Waals surface area contributed by atoms with Crippen molar-refractivity contribution < 1.29 is 23.5 Å². The van der Waals surface area contributed by atoms with Gasteiger partial charge >= 0.3 is 12.1 Å². The summed E-state index contributed by atoms with van der Waals surface area (Å²) in [5.74, 6) is -0.927. The standard InChI is InChI=1S/C15H19FN4O4/c1-10(21)18-11-3-4-12(16)13(9-11)19-14(22)17-5-7-20-6-2-8-24-15(20)23/h3-4,9H,2,5-8H2,1H3,(H,18,21)(H2,17,19,22). The highest BCUT2D eigenvalue weighted by molar-refractivity contribution is 5.92. The summed E-state index contributed by atoms with van der Waals surface area (Å²) in [5.41, 5.74) is 0.311. The number of carbonyl (C=O) groups excluding carboxylic acids is 3. The van der Waals surface area contributed by atoms with Crippen LogP contribution in [0.3, 0.4) is 0 Å². The summed E-state index contributed by atoms with van der Waals surface area (Å²) < 4.78 is 18.6. The van der Waals surface area contributed by atoms with Gasteiger partial charge in [-0.1, -0.05) is 0 Å². The van der Waals surface area contributed by atoms with Gasteiger partial charge in [0.15, 0.2) is 0 Å². The van der Waals surface area contributed by atoms with Gasteiger partial charge in [0.1, 0.15) is 5.82 Å². The molecular weight excluding hydrogens is 319 g/mol. The molecule has 1 aromatic rings. The van der Waals surface area contributed by atoms with Crippen LogP contribution in [0.4, 0.5) is 25.4 Å². The molecule has 1 aromatic carbocycles. The van der Waals surface area contributed by atoms with Crippen LogP contribution in [0.15, 0.2) is 18.2 Å². The average molecular weight is 338 g/mol. The first-order valence-electron chi connectivity index (χ1n) is 7.49. The quantitative estimate of drug-likeness (QED) is 0.761. The first-order valence-corrected chi connectivity index (χ1v) is 7.49. The van der Waals surface area contributed by atoms with Crippen molar-refractivity contribution in [2.45, 2.75) is 13.3 Å². The maximum Gasteiger partial charge on any atom is 0.409 e. The molecule has 0 unspecified atom stereocenters. The molecule has 0 saturated carbocycles. The molecule has 1 aliphatic rings. The molecule has 9 heteroatoms. The van der Waals surface area contributed by atoms with Gasteiger partial charge in [-0.15, -0.1) is 0 Å². The fourth-order valence-electron chi connectivity index (χ4n) is 2.17. The zero-order valence-electron chi connectivity index (χ0n) is 13.2. The number of benzene rings is 1. The largest absolute Gasteiger partial charge is 0.449 e. The molecule has 1 saturated heterocycles. The summed E-state index contributed by atoms with van der Waals surface area (Å²) in [4.78, 5) is 35.7. The maximum absolute atomic E-state index is 13.7. The third-order valence-electron chi connectivity index (χ3n) is 3.26. The van der Waals surface area contributed by atoms with Crippen LogP contribution in [0.25, 0.3) is 0 Å². The topological polar surface area (TPSA) is 99.8 Å². The molecule has 1 aliphatic heterocycles. The first-order chi connectivity index (χ1) is 11.5. The van der Waals surface area contributed by atoms with E-state index in [1.54, 1.807) is 0 Å². The second-order valence-electron chi connectivity index (χ2n) is 5.21. The van der Waals surface area contributed by atoms with Crippen molar-refractivity contribution in [2.24, 2.45) is 0 Å². The molecule has 3 N–H and O–H groups in total. The number of nitrogens with zero attached hydrogens (tertiary/aromatic N) is 1. The Bertz CT molecular complexity index is 638. The molecule has 24 heavy (non-hydrogen) atoms. The third kappa shape index (κ3) is 5.11. The molecule has 8 nitrogen and oxygen atoms in total. The van der Waals surface area contributed by atoms with Crippen molar-refractivity contribution in [1.29, 1.82) is 0 Å². The van der Waals surface area contributed by atoms with Crippen LogP contribution < -0.4 is 16.0 Å². The van der Waals surface area contributed by atoms with Gasteiger partial charge in [-0.3, -0.25) is 4.79 Å². The van der Waals surface area contributed by atoms with Crippen LogP contribution in [0.1, 0.15) is 13.3 Å². The van der Waals surface area contributed by atoms with Crippen molar-refractivity contribution in [3.8, 4) is 0 Å². The summed E-state index contributed by atoms with van der Waals surface area (Å²) in [6, 6.07) is 3.24. The lowest BCUT2D eigenvalue weighted by Crippen LogP contribution is -2.43. The smallest absolute Gasteiger partial charge is 0.409 e. The molecule has 0 bridgehead atoms. The number of nitrogens with one attached hydrogen (secondary N) is 3. The lowest BCUT2D eigenvalue weighted by molar-refractivity contribution is -0.114. The molecule has 130 valence electrons. The van der Waals surface area contributed by atoms with Crippen LogP contribution >= 0.6 is 0 Å². The van der Waals surface area contributed by atoms with E-state index < -0.39 is 17.9 Å². The van der Waals surface area contributed by atoms with E-state index in [2.05, 4.69) is 16.0 Å². The number of carbonyl (C=O) groups is 3. The van der Waals surface area contributed by atoms with Crippen LogP contribution in [0.2, 0.25) is 0 Å². The predicted molar refractivity (Wildman–Crippen MR) is 85.3 cm³/mol. The van der Waals surface area contributed by atoms with Crippen molar-refractivity contribution >= 4 is 29.4 Å². The van der Waals surface area contributed by atoms with Crippen LogP contribution in [0.5, 0.6) is 0 Å². The molecule has 1 fully saturated rings. The van der Waals surface area contributed by atoms with Gasteiger partial charge in [-0.2, -0.15) is 0 Å². The van der Waals surface area contributed by atoms with Crippen molar-refractivity contribution in [1.82, 2.24) is 10.2 Å². The number of cyclic esters (lactones) is 1. The van der Waals surface area contributed by atoms with Gasteiger partial charge in [-0.05, 0) is 24.6 Å². The Morgan fingerprint density at radius 1 is 1.33 bits per heavy atom. The first kappa shape index (κ1) is 17.5. The predicted octanol–water partition coefficient (Wildman–Crippen LogP) is 1.75. The van der Waals surface area contributed by atoms with E-state index >= 15 is 0 Å². The normalized spacial score (nSPS) is 13.9. The third-order valence-corrected chi connectivity index (χ3v) is 3.26. The summed E-state index contributed by atoms with van der Waals surface area (Å²) in [6.07, 6.45) is 0.344. The minimum atomic E-state index is -0.626. The van der Waals surface area contributed by atoms with Gasteiger partial charge in [0.25, 0.3) is 0 Å². The fourth-order valence-corrected chi connectivity index (χ4v) is 2.17. The second-order valence-corrected chi connectivity index (χ2v) is 5.21. The summed E-state index contributed by atoms with van der Waals surface area (Å²) in [6.45, 7) is 2.83. The number of hydrogen-bond acceptors (Lipinski definition) is 4. The highest BCUT2D eigenvalue weighted by Gasteiger charge is 2.19. The van der Waals surface area contributed by atoms with E-state index in [9.17, 15) is 18.8 Å². The minimum Gasteiger partial charge on any atom is -0.449 e. The lowest BCUT2D eigenvalue weighted by Gasteiger charge is -2.26. The van der Waals surface area contributed by atoms with Gasteiger partial charge in [-0.25, -0.2) is 14.0 Å². The fraction of sp³-hybridized carbons (Fsp3) is 0.400. The number of halogens is 1. The number of anilines is 2. The molecule has 1 heterocycles. The van der Waals surface area contributed by atoms with E-state index in [0.29, 0.717) is 25.4 Å². The molecule has 0 atom stereocenters. The monoisotopic (exact) mass is 338 g/mol. The van der Waals surface area contributed by atoms with Crippen LogP contribution in [-0.2, 0) is 9.53 Å². The van der Waals surface area contributed by atoms with Gasteiger partial charge in [0, 0.05) is 32.2 Å². The van der Waals surface area contributed by atoms with Crippen LogP contribution in [0, 0.1) is 5.82 Å². The molecule has 4 amide bonds. The van der Waals surface area contributed by atoms with Gasteiger partial charge in [0.2, 0.25) is 5.91 Å². The molecular formula is C15H19FN4O4. The second kappa shape index (κ2) is 8.14. The van der Waals surface area contributed by atoms with E-state index in [4.69, 9.17) is 4.74 Å². The van der Waals surface area contributed by atoms with E-state index in [-0.39, 0.29) is 18.1 Å². The number of rotatable bonds is 5. The van der Waals surface area contributed by atoms with Crippen molar-refractivity contribution in [2.75, 3.05) is 36.9 Å². The Hall–Kier alpha value is -2.84. The number of hydrogen-bond donors (Lipinski definition) is 3. The van der Waals surface area contributed by atoms with Crippen molar-refractivity contribution in [3.63, 3.8) is 0 Å². The SMILES string of the molecule is CC(=O)Nc1ccc(F)c(NC(=O)NCCN2CCCOC2=O)c1. The Morgan fingerprint density at radius 2 is 2.12 bits per heavy atom. The number of amides is 4. The Morgan fingerprint density at radius 3 is 2.83 bits per heavy atom. The molecule has 0 radical (unpaired) electrons. The Labute approximate surface area is 138 Å². The zero-order valence-corrected chi connectivity index (χ0v) is 13.2. The Balaban J connectivity index is 1.83. The summed E-state index contributed by atoms with van der Waals surface area (Å²) in [5, 5.41) is 7.40. The summed E-state index contributed by atoms with van der Waals surface area (Å²) >= 11 is 0. The molecule has 0 aliphatic carbocycles. The molecule has 2 rings (SSSR count). The number of urea groups is 1. The van der Waals surface area contributed by atoms with Gasteiger partial charge in [0.05, 0.1) is 12.3 Å². The molecule has 0 aromatic heterocycles. The van der Waals surface area contributed by atoms with Crippen molar-refractivity contribution in [3.05, 3.63) is 24.0 Å². The van der Waals surface area contributed by atoms with Crippen LogP contribution in [-0.4, -0.2) is 49.2 Å². The minimum absolute atomic E-state index is 0.0591. The average Bonchev–Trinajstić information content (AvgIpc) is 2.52. The van der Waals surface area contributed by atoms with Gasteiger partial charge < -0.3 is 25.6 Å². The maximum atomic E-state index is 13.7. The lowest BCUT2D eigenvalue weighted by atomic mass is 10.2. The van der Waals surface area contributed by atoms with E-state index in [1.807, 2.05) is 0 Å². The highest BCUT2D eigenvalue weighted by atomic mass is 19.1. The highest BCUT2D eigenvalue weighted by Crippen LogP contribution is 2.19.